The minimum atomic E-state index is -0.550. The van der Waals surface area contributed by atoms with E-state index in [1.165, 1.54) is 16.8 Å². The molecule has 3 aromatic carbocycles. The van der Waals surface area contributed by atoms with Gasteiger partial charge in [-0.05, 0) is 68.1 Å². The van der Waals surface area contributed by atoms with Crippen LogP contribution in [0.25, 0.3) is 0 Å². The summed E-state index contributed by atoms with van der Waals surface area (Å²) in [6.45, 7) is 9.66. The normalized spacial score (nSPS) is 14.4. The van der Waals surface area contributed by atoms with Gasteiger partial charge in [-0.15, -0.1) is 16.9 Å². The van der Waals surface area contributed by atoms with Crippen molar-refractivity contribution in [2.75, 3.05) is 11.9 Å². The van der Waals surface area contributed by atoms with Crippen LogP contribution < -0.4 is 5.32 Å². The first-order valence-electron chi connectivity index (χ1n) is 13.3. The molecule has 1 aliphatic heterocycles. The van der Waals surface area contributed by atoms with E-state index in [-0.39, 0.29) is 36.0 Å². The van der Waals surface area contributed by atoms with Gasteiger partial charge in [-0.1, -0.05) is 62.4 Å². The van der Waals surface area contributed by atoms with Gasteiger partial charge in [-0.2, -0.15) is 0 Å². The Morgan fingerprint density at radius 3 is 2.38 bits per heavy atom. The van der Waals surface area contributed by atoms with Gasteiger partial charge in [0.05, 0.1) is 17.2 Å². The lowest BCUT2D eigenvalue weighted by Crippen LogP contribution is -2.36. The van der Waals surface area contributed by atoms with Crippen LogP contribution in [-0.2, 0) is 25.7 Å². The molecule has 7 nitrogen and oxygen atoms in total. The molecule has 0 saturated carbocycles. The van der Waals surface area contributed by atoms with Crippen LogP contribution in [-0.4, -0.2) is 39.9 Å². The quantitative estimate of drug-likeness (QED) is 0.298. The standard InChI is InChI=1S/C32H35N3O4S/c1-21(2)29(30(38)33-26-12-9-13-27(18-26)40-32(4,5)22(3)36)24-16-14-23(15-17-24)19-35-28(37)20-39-31(34-35)25-10-7-6-8-11-25/h6-18,21,29H,19-20H2,1-5H3,(H,33,38). The number of hydrogen-bond acceptors (Lipinski definition) is 6. The van der Waals surface area contributed by atoms with E-state index in [4.69, 9.17) is 4.74 Å². The highest BCUT2D eigenvalue weighted by Gasteiger charge is 2.27. The van der Waals surface area contributed by atoms with Gasteiger partial charge in [0, 0.05) is 16.1 Å². The average Bonchev–Trinajstić information content (AvgIpc) is 2.91. The smallest absolute Gasteiger partial charge is 0.281 e. The molecule has 1 atom stereocenters. The number of nitrogens with one attached hydrogen (secondary N) is 1. The Hall–Kier alpha value is -3.91. The topological polar surface area (TPSA) is 88.1 Å². The summed E-state index contributed by atoms with van der Waals surface area (Å²) in [5.74, 6) is -0.116. The number of amides is 2. The minimum Gasteiger partial charge on any atom is -0.466 e. The molecule has 0 aromatic heterocycles. The Bertz CT molecular complexity index is 1400. The number of ketones is 1. The monoisotopic (exact) mass is 557 g/mol. The first-order valence-corrected chi connectivity index (χ1v) is 14.1. The van der Waals surface area contributed by atoms with Gasteiger partial charge < -0.3 is 10.1 Å². The van der Waals surface area contributed by atoms with Crippen molar-refractivity contribution in [3.05, 3.63) is 95.6 Å². The third kappa shape index (κ3) is 7.18. The first kappa shape index (κ1) is 29.1. The van der Waals surface area contributed by atoms with E-state index in [1.807, 2.05) is 107 Å². The molecule has 1 aliphatic rings. The summed E-state index contributed by atoms with van der Waals surface area (Å²) in [4.78, 5) is 38.8. The lowest BCUT2D eigenvalue weighted by Gasteiger charge is -2.24. The highest BCUT2D eigenvalue weighted by Crippen LogP contribution is 2.35. The number of thioether (sulfide) groups is 1. The van der Waals surface area contributed by atoms with Gasteiger partial charge in [0.1, 0.15) is 5.78 Å². The highest BCUT2D eigenvalue weighted by atomic mass is 32.2. The van der Waals surface area contributed by atoms with Crippen molar-refractivity contribution in [2.24, 2.45) is 11.0 Å². The van der Waals surface area contributed by atoms with E-state index in [0.29, 0.717) is 18.1 Å². The van der Waals surface area contributed by atoms with Crippen molar-refractivity contribution >= 4 is 40.9 Å². The van der Waals surface area contributed by atoms with Gasteiger partial charge in [-0.25, -0.2) is 5.01 Å². The fourth-order valence-corrected chi connectivity index (χ4v) is 5.38. The summed E-state index contributed by atoms with van der Waals surface area (Å²) in [6.07, 6.45) is 0. The molecular formula is C32H35N3O4S. The van der Waals surface area contributed by atoms with Gasteiger partial charge in [-0.3, -0.25) is 14.4 Å². The van der Waals surface area contributed by atoms with Crippen LogP contribution in [0.3, 0.4) is 0 Å². The summed E-state index contributed by atoms with van der Waals surface area (Å²) in [5, 5.41) is 8.91. The van der Waals surface area contributed by atoms with Crippen LogP contribution >= 0.6 is 11.8 Å². The van der Waals surface area contributed by atoms with Crippen LogP contribution in [0.5, 0.6) is 0 Å². The van der Waals surface area contributed by atoms with Crippen molar-refractivity contribution in [1.82, 2.24) is 5.01 Å². The Morgan fingerprint density at radius 2 is 1.73 bits per heavy atom. The number of carbonyl (C=O) groups is 3. The maximum Gasteiger partial charge on any atom is 0.281 e. The zero-order valence-electron chi connectivity index (χ0n) is 23.5. The lowest BCUT2D eigenvalue weighted by molar-refractivity contribution is -0.136. The molecule has 0 saturated heterocycles. The Kier molecular flexibility index (Phi) is 9.10. The molecule has 0 spiro atoms. The van der Waals surface area contributed by atoms with Crippen molar-refractivity contribution < 1.29 is 19.1 Å². The zero-order chi connectivity index (χ0) is 28.9. The van der Waals surface area contributed by atoms with Crippen molar-refractivity contribution in [3.63, 3.8) is 0 Å². The number of anilines is 1. The predicted molar refractivity (Wildman–Crippen MR) is 159 cm³/mol. The average molecular weight is 558 g/mol. The van der Waals surface area contributed by atoms with Gasteiger partial charge in [0.2, 0.25) is 11.8 Å². The predicted octanol–water partition coefficient (Wildman–Crippen LogP) is 6.25. The third-order valence-corrected chi connectivity index (χ3v) is 8.08. The van der Waals surface area contributed by atoms with Gasteiger partial charge in [0.15, 0.2) is 6.61 Å². The fourth-order valence-electron chi connectivity index (χ4n) is 4.31. The second kappa shape index (κ2) is 12.5. The van der Waals surface area contributed by atoms with Crippen molar-refractivity contribution in [3.8, 4) is 0 Å². The zero-order valence-corrected chi connectivity index (χ0v) is 24.3. The van der Waals surface area contributed by atoms with E-state index in [9.17, 15) is 14.4 Å². The van der Waals surface area contributed by atoms with Crippen molar-refractivity contribution in [1.29, 1.82) is 0 Å². The molecule has 2 amide bonds. The summed E-state index contributed by atoms with van der Waals surface area (Å²) >= 11 is 1.48. The second-order valence-corrected chi connectivity index (χ2v) is 12.4. The number of hydrazone groups is 1. The Labute approximate surface area is 240 Å². The van der Waals surface area contributed by atoms with Gasteiger partial charge >= 0.3 is 0 Å². The first-order chi connectivity index (χ1) is 19.0. The molecule has 0 fully saturated rings. The lowest BCUT2D eigenvalue weighted by atomic mass is 9.87. The van der Waals surface area contributed by atoms with Crippen LogP contribution in [0.1, 0.15) is 57.2 Å². The maximum absolute atomic E-state index is 13.4. The molecule has 1 heterocycles. The van der Waals surface area contributed by atoms with E-state index < -0.39 is 4.75 Å². The largest absolute Gasteiger partial charge is 0.466 e. The second-order valence-electron chi connectivity index (χ2n) is 10.7. The minimum absolute atomic E-state index is 0.0545. The van der Waals surface area contributed by atoms with Crippen LogP contribution in [0.4, 0.5) is 5.69 Å². The maximum atomic E-state index is 13.4. The molecule has 1 N–H and O–H groups in total. The number of benzene rings is 3. The van der Waals surface area contributed by atoms with Crippen LogP contribution in [0.15, 0.2) is 88.9 Å². The molecule has 8 heteroatoms. The molecule has 4 rings (SSSR count). The summed E-state index contributed by atoms with van der Waals surface area (Å²) < 4.78 is 4.99. The van der Waals surface area contributed by atoms with E-state index in [1.54, 1.807) is 6.92 Å². The molecule has 0 radical (unpaired) electrons. The molecule has 3 aromatic rings. The van der Waals surface area contributed by atoms with E-state index in [2.05, 4.69) is 10.4 Å². The van der Waals surface area contributed by atoms with E-state index in [0.717, 1.165) is 21.6 Å². The SMILES string of the molecule is CC(=O)C(C)(C)Sc1cccc(NC(=O)C(c2ccc(CN3N=C(c4ccccc4)OCC3=O)cc2)C(C)C)c1. The highest BCUT2D eigenvalue weighted by molar-refractivity contribution is 8.01. The number of ether oxygens (including phenoxy) is 1. The molecule has 1 unspecified atom stereocenters. The molecule has 208 valence electrons. The van der Waals surface area contributed by atoms with Crippen LogP contribution in [0, 0.1) is 5.92 Å². The van der Waals surface area contributed by atoms with Crippen LogP contribution in [0.2, 0.25) is 0 Å². The molecule has 0 bridgehead atoms. The summed E-state index contributed by atoms with van der Waals surface area (Å²) in [5.41, 5.74) is 3.29. The number of hydrogen-bond donors (Lipinski definition) is 1. The summed E-state index contributed by atoms with van der Waals surface area (Å²) in [7, 11) is 0. The number of Topliss-reactive ketones (excluding diaryl/α,β-unsaturated/α-hetero) is 1. The number of carbonyl (C=O) groups excluding carboxylic acids is 3. The third-order valence-electron chi connectivity index (χ3n) is 6.80. The summed E-state index contributed by atoms with van der Waals surface area (Å²) in [6, 6.07) is 24.8. The number of rotatable bonds is 10. The van der Waals surface area contributed by atoms with Crippen molar-refractivity contribution in [2.45, 2.75) is 56.7 Å². The molecule has 0 aliphatic carbocycles. The Balaban J connectivity index is 1.46. The molecular weight excluding hydrogens is 522 g/mol. The number of nitrogens with zero attached hydrogens (tertiary/aromatic N) is 2. The van der Waals surface area contributed by atoms with Gasteiger partial charge in [0.25, 0.3) is 5.91 Å². The Morgan fingerprint density at radius 1 is 1.02 bits per heavy atom. The fraction of sp³-hybridized carbons (Fsp3) is 0.312. The molecule has 40 heavy (non-hydrogen) atoms. The van der Waals surface area contributed by atoms with E-state index >= 15 is 0 Å².